The Morgan fingerprint density at radius 2 is 1.09 bits per heavy atom. The SMILES string of the molecule is OCCON(CO)c1nc(N(CO)CO)nc(N(CO)CO)n1. The minimum Gasteiger partial charge on any atom is -0.394 e. The number of anilines is 3. The van der Waals surface area contributed by atoms with Gasteiger partial charge in [-0.05, 0) is 0 Å². The van der Waals surface area contributed by atoms with Crippen molar-refractivity contribution in [3.8, 4) is 0 Å². The number of hydroxylamine groups is 1. The predicted octanol–water partition coefficient (Wildman–Crippen LogP) is -4.04. The van der Waals surface area contributed by atoms with Gasteiger partial charge in [0.15, 0.2) is 0 Å². The number of aliphatic hydroxyl groups is 6. The maximum Gasteiger partial charge on any atom is 0.258 e. The Balaban J connectivity index is 3.26. The molecule has 13 heteroatoms. The molecule has 1 rings (SSSR count). The summed E-state index contributed by atoms with van der Waals surface area (Å²) in [5.41, 5.74) is 0. The summed E-state index contributed by atoms with van der Waals surface area (Å²) >= 11 is 0. The summed E-state index contributed by atoms with van der Waals surface area (Å²) in [6.45, 7) is -3.60. The molecule has 132 valence electrons. The van der Waals surface area contributed by atoms with E-state index in [9.17, 15) is 25.5 Å². The lowest BCUT2D eigenvalue weighted by molar-refractivity contribution is 0.0356. The zero-order chi connectivity index (χ0) is 17.2. The highest BCUT2D eigenvalue weighted by Gasteiger charge is 2.19. The molecule has 0 spiro atoms. The van der Waals surface area contributed by atoms with E-state index in [1.54, 1.807) is 0 Å². The molecule has 6 N–H and O–H groups in total. The third-order valence-electron chi connectivity index (χ3n) is 2.54. The van der Waals surface area contributed by atoms with Crippen LogP contribution in [0.5, 0.6) is 0 Å². The Labute approximate surface area is 131 Å². The van der Waals surface area contributed by atoms with Gasteiger partial charge in [-0.3, -0.25) is 14.6 Å². The number of hydrogen-bond donors (Lipinski definition) is 6. The van der Waals surface area contributed by atoms with Crippen molar-refractivity contribution in [3.05, 3.63) is 0 Å². The van der Waals surface area contributed by atoms with Crippen LogP contribution in [0.25, 0.3) is 0 Å². The molecular formula is C10H20N6O7. The first-order chi connectivity index (χ1) is 11.1. The second kappa shape index (κ2) is 10.0. The minimum atomic E-state index is -0.667. The molecule has 13 nitrogen and oxygen atoms in total. The third-order valence-corrected chi connectivity index (χ3v) is 2.54. The molecule has 0 fully saturated rings. The number of aliphatic hydroxyl groups excluding tert-OH is 6. The van der Waals surface area contributed by atoms with Crippen LogP contribution >= 0.6 is 0 Å². The average Bonchev–Trinajstić information content (AvgIpc) is 2.58. The summed E-state index contributed by atoms with van der Waals surface area (Å²) in [4.78, 5) is 18.6. The van der Waals surface area contributed by atoms with Gasteiger partial charge in [0.2, 0.25) is 11.9 Å². The molecular weight excluding hydrogens is 316 g/mol. The fourth-order valence-electron chi connectivity index (χ4n) is 1.39. The van der Waals surface area contributed by atoms with Gasteiger partial charge in [-0.25, -0.2) is 0 Å². The fraction of sp³-hybridized carbons (Fsp3) is 0.700. The first-order valence-corrected chi connectivity index (χ1v) is 6.46. The van der Waals surface area contributed by atoms with Gasteiger partial charge in [-0.2, -0.15) is 20.0 Å². The van der Waals surface area contributed by atoms with E-state index in [1.807, 2.05) is 0 Å². The molecule has 0 aromatic carbocycles. The number of hydrogen-bond acceptors (Lipinski definition) is 13. The van der Waals surface area contributed by atoms with E-state index in [-0.39, 0.29) is 31.1 Å². The van der Waals surface area contributed by atoms with Crippen LogP contribution < -0.4 is 14.9 Å². The predicted molar refractivity (Wildman–Crippen MR) is 75.7 cm³/mol. The summed E-state index contributed by atoms with van der Waals surface area (Å²) in [5, 5.41) is 55.6. The minimum absolute atomic E-state index is 0.148. The topological polar surface area (TPSA) is 179 Å². The van der Waals surface area contributed by atoms with E-state index in [4.69, 9.17) is 9.94 Å². The molecule has 0 radical (unpaired) electrons. The van der Waals surface area contributed by atoms with Crippen molar-refractivity contribution in [3.63, 3.8) is 0 Å². The Kier molecular flexibility index (Phi) is 8.35. The van der Waals surface area contributed by atoms with E-state index in [0.29, 0.717) is 0 Å². The lowest BCUT2D eigenvalue weighted by Gasteiger charge is -2.24. The van der Waals surface area contributed by atoms with E-state index < -0.39 is 33.7 Å². The monoisotopic (exact) mass is 336 g/mol. The Morgan fingerprint density at radius 1 is 0.652 bits per heavy atom. The third kappa shape index (κ3) is 5.07. The summed E-state index contributed by atoms with van der Waals surface area (Å²) in [6, 6.07) is 0. The Morgan fingerprint density at radius 3 is 1.43 bits per heavy atom. The second-order valence-corrected chi connectivity index (χ2v) is 3.96. The Hall–Kier alpha value is -1.87. The van der Waals surface area contributed by atoms with E-state index in [2.05, 4.69) is 15.0 Å². The van der Waals surface area contributed by atoms with Crippen molar-refractivity contribution in [2.24, 2.45) is 0 Å². The van der Waals surface area contributed by atoms with Crippen molar-refractivity contribution in [2.45, 2.75) is 0 Å². The van der Waals surface area contributed by atoms with Crippen molar-refractivity contribution < 1.29 is 35.5 Å². The molecule has 0 saturated carbocycles. The van der Waals surface area contributed by atoms with E-state index in [0.717, 1.165) is 14.9 Å². The fourth-order valence-corrected chi connectivity index (χ4v) is 1.39. The van der Waals surface area contributed by atoms with E-state index in [1.165, 1.54) is 0 Å². The normalized spacial score (nSPS) is 10.7. The van der Waals surface area contributed by atoms with Crippen LogP contribution in [0.1, 0.15) is 0 Å². The first-order valence-electron chi connectivity index (χ1n) is 6.46. The zero-order valence-electron chi connectivity index (χ0n) is 12.2. The molecule has 0 aliphatic carbocycles. The lowest BCUT2D eigenvalue weighted by atomic mass is 10.7. The van der Waals surface area contributed by atoms with Gasteiger partial charge in [0.25, 0.3) is 5.95 Å². The summed E-state index contributed by atoms with van der Waals surface area (Å²) < 4.78 is 0. The molecule has 1 aromatic heterocycles. The molecule has 0 amide bonds. The van der Waals surface area contributed by atoms with Crippen molar-refractivity contribution in [2.75, 3.05) is 61.7 Å². The molecule has 0 atom stereocenters. The van der Waals surface area contributed by atoms with Crippen LogP contribution in [0.4, 0.5) is 17.8 Å². The zero-order valence-corrected chi connectivity index (χ0v) is 12.2. The quantitative estimate of drug-likeness (QED) is 0.170. The maximum atomic E-state index is 9.29. The van der Waals surface area contributed by atoms with Crippen LogP contribution in [-0.4, -0.2) is 92.5 Å². The molecule has 23 heavy (non-hydrogen) atoms. The number of rotatable bonds is 11. The van der Waals surface area contributed by atoms with Gasteiger partial charge < -0.3 is 30.6 Å². The highest BCUT2D eigenvalue weighted by molar-refractivity contribution is 5.44. The molecule has 0 bridgehead atoms. The smallest absolute Gasteiger partial charge is 0.258 e. The van der Waals surface area contributed by atoms with Gasteiger partial charge in [-0.15, -0.1) is 0 Å². The number of nitrogens with zero attached hydrogens (tertiary/aromatic N) is 6. The van der Waals surface area contributed by atoms with E-state index >= 15 is 0 Å². The van der Waals surface area contributed by atoms with Crippen molar-refractivity contribution in [1.29, 1.82) is 0 Å². The lowest BCUT2D eigenvalue weighted by Crippen LogP contribution is -2.34. The first kappa shape index (κ1) is 19.2. The van der Waals surface area contributed by atoms with Crippen LogP contribution in [0, 0.1) is 0 Å². The van der Waals surface area contributed by atoms with Crippen LogP contribution in [0.3, 0.4) is 0 Å². The van der Waals surface area contributed by atoms with Gasteiger partial charge in [0.05, 0.1) is 13.2 Å². The molecule has 0 unspecified atom stereocenters. The van der Waals surface area contributed by atoms with Gasteiger partial charge in [-0.1, -0.05) is 0 Å². The summed E-state index contributed by atoms with van der Waals surface area (Å²) in [6.07, 6.45) is 0. The largest absolute Gasteiger partial charge is 0.394 e. The van der Waals surface area contributed by atoms with Gasteiger partial charge in [0.1, 0.15) is 33.7 Å². The number of aromatic nitrogens is 3. The molecule has 0 saturated heterocycles. The molecule has 1 aromatic rings. The van der Waals surface area contributed by atoms with Gasteiger partial charge >= 0.3 is 0 Å². The molecule has 0 aliphatic heterocycles. The van der Waals surface area contributed by atoms with Gasteiger partial charge in [0, 0.05) is 0 Å². The van der Waals surface area contributed by atoms with Crippen LogP contribution in [0.15, 0.2) is 0 Å². The maximum absolute atomic E-state index is 9.29. The molecule has 1 heterocycles. The Bertz CT molecular complexity index is 429. The van der Waals surface area contributed by atoms with Crippen LogP contribution in [-0.2, 0) is 4.84 Å². The average molecular weight is 336 g/mol. The summed E-state index contributed by atoms with van der Waals surface area (Å²) in [5.74, 6) is -0.597. The molecule has 0 aliphatic rings. The van der Waals surface area contributed by atoms with Crippen molar-refractivity contribution in [1.82, 2.24) is 15.0 Å². The highest BCUT2D eigenvalue weighted by Crippen LogP contribution is 2.18. The van der Waals surface area contributed by atoms with Crippen molar-refractivity contribution >= 4 is 17.8 Å². The second-order valence-electron chi connectivity index (χ2n) is 3.96. The van der Waals surface area contributed by atoms with Crippen LogP contribution in [0.2, 0.25) is 0 Å². The standard InChI is InChI=1S/C10H20N6O7/c17-1-2-23-16(7-22)10-12-8(14(3-18)4-19)11-9(13-10)15(5-20)6-21/h17-22H,1-7H2. The summed E-state index contributed by atoms with van der Waals surface area (Å²) in [7, 11) is 0. The highest BCUT2D eigenvalue weighted by atomic mass is 16.7.